The first kappa shape index (κ1) is 20.9. The number of halogens is 1. The molecule has 0 spiro atoms. The van der Waals surface area contributed by atoms with Crippen molar-refractivity contribution in [1.29, 1.82) is 0 Å². The maximum atomic E-state index is 12.7. The third-order valence-corrected chi connectivity index (χ3v) is 5.06. The highest BCUT2D eigenvalue weighted by Gasteiger charge is 2.23. The first-order chi connectivity index (χ1) is 12.9. The topological polar surface area (TPSA) is 75.5 Å². The van der Waals surface area contributed by atoms with Crippen LogP contribution in [-0.2, 0) is 0 Å². The van der Waals surface area contributed by atoms with E-state index in [1.807, 2.05) is 24.3 Å². The molecule has 0 heterocycles. The Morgan fingerprint density at radius 2 is 1.85 bits per heavy atom. The highest BCUT2D eigenvalue weighted by molar-refractivity contribution is 6.31. The van der Waals surface area contributed by atoms with Gasteiger partial charge in [-0.15, -0.1) is 0 Å². The Balaban J connectivity index is 2.25. The van der Waals surface area contributed by atoms with Crippen molar-refractivity contribution in [3.63, 3.8) is 0 Å². The molecular weight excluding hydrogens is 366 g/mol. The average Bonchev–Trinajstić information content (AvgIpc) is 2.65. The summed E-state index contributed by atoms with van der Waals surface area (Å²) in [5, 5.41) is 14.7. The van der Waals surface area contributed by atoms with E-state index in [1.165, 1.54) is 12.1 Å². The van der Waals surface area contributed by atoms with E-state index in [0.29, 0.717) is 22.7 Å². The molecule has 0 saturated carbocycles. The van der Waals surface area contributed by atoms with Crippen molar-refractivity contribution in [2.24, 2.45) is 0 Å². The van der Waals surface area contributed by atoms with Crippen LogP contribution >= 0.6 is 11.6 Å². The number of nitro benzene ring substituents is 1. The molecule has 0 aliphatic heterocycles. The molecule has 1 atom stereocenters. The van der Waals surface area contributed by atoms with Gasteiger partial charge in [-0.3, -0.25) is 19.8 Å². The molecule has 2 aromatic carbocycles. The van der Waals surface area contributed by atoms with E-state index in [0.717, 1.165) is 18.7 Å². The van der Waals surface area contributed by atoms with E-state index in [4.69, 9.17) is 11.6 Å². The number of hydrogen-bond acceptors (Lipinski definition) is 4. The Kier molecular flexibility index (Phi) is 7.33. The quantitative estimate of drug-likeness (QED) is 0.537. The van der Waals surface area contributed by atoms with Gasteiger partial charge in [0.05, 0.1) is 11.0 Å². The smallest absolute Gasteiger partial charge is 0.273 e. The maximum Gasteiger partial charge on any atom is 0.273 e. The highest BCUT2D eigenvalue weighted by atomic mass is 35.5. The summed E-state index contributed by atoms with van der Waals surface area (Å²) in [5.41, 5.74) is 1.55. The number of amides is 1. The maximum absolute atomic E-state index is 12.7. The summed E-state index contributed by atoms with van der Waals surface area (Å²) in [7, 11) is 0. The van der Waals surface area contributed by atoms with Crippen LogP contribution in [0.4, 0.5) is 5.69 Å². The lowest BCUT2D eigenvalue weighted by Gasteiger charge is -2.31. The zero-order chi connectivity index (χ0) is 20.0. The predicted molar refractivity (Wildman–Crippen MR) is 107 cm³/mol. The molecule has 0 aliphatic rings. The molecule has 1 amide bonds. The Bertz CT molecular complexity index is 822. The fraction of sp³-hybridized carbons (Fsp3) is 0.350. The largest absolute Gasteiger partial charge is 0.350 e. The third-order valence-electron chi connectivity index (χ3n) is 4.72. The summed E-state index contributed by atoms with van der Waals surface area (Å²) in [5.74, 6) is -0.333. The van der Waals surface area contributed by atoms with Crippen LogP contribution in [0.3, 0.4) is 0 Å². The first-order valence-corrected chi connectivity index (χ1v) is 9.29. The summed E-state index contributed by atoms with van der Waals surface area (Å²) in [6.45, 7) is 7.66. The number of carbonyl (C=O) groups is 1. The van der Waals surface area contributed by atoms with Crippen LogP contribution in [0.15, 0.2) is 42.5 Å². The number of carbonyl (C=O) groups excluding carboxylic acids is 1. The molecule has 0 radical (unpaired) electrons. The van der Waals surface area contributed by atoms with Crippen molar-refractivity contribution in [3.8, 4) is 0 Å². The minimum atomic E-state index is -0.478. The molecule has 2 aromatic rings. The second kappa shape index (κ2) is 9.48. The monoisotopic (exact) mass is 389 g/mol. The summed E-state index contributed by atoms with van der Waals surface area (Å²) in [6, 6.07) is 12.0. The Morgan fingerprint density at radius 3 is 2.44 bits per heavy atom. The van der Waals surface area contributed by atoms with Crippen LogP contribution in [0.25, 0.3) is 0 Å². The summed E-state index contributed by atoms with van der Waals surface area (Å²) in [6.07, 6.45) is 0. The van der Waals surface area contributed by atoms with Crippen molar-refractivity contribution >= 4 is 23.2 Å². The number of benzene rings is 2. The van der Waals surface area contributed by atoms with E-state index in [9.17, 15) is 14.9 Å². The average molecular weight is 390 g/mol. The SMILES string of the molecule is CCN(CC)C(CNC(=O)c1cccc([N+](=O)[O-])c1C)c1ccccc1Cl. The molecule has 0 aliphatic carbocycles. The van der Waals surface area contributed by atoms with Gasteiger partial charge in [0, 0.05) is 28.8 Å². The molecule has 0 fully saturated rings. The minimum Gasteiger partial charge on any atom is -0.350 e. The van der Waals surface area contributed by atoms with Crippen LogP contribution in [0.2, 0.25) is 5.02 Å². The van der Waals surface area contributed by atoms with Gasteiger partial charge in [-0.1, -0.05) is 49.7 Å². The van der Waals surface area contributed by atoms with Gasteiger partial charge < -0.3 is 5.32 Å². The summed E-state index contributed by atoms with van der Waals surface area (Å²) < 4.78 is 0. The second-order valence-corrected chi connectivity index (χ2v) is 6.58. The zero-order valence-corrected chi connectivity index (χ0v) is 16.5. The Labute approximate surface area is 164 Å². The van der Waals surface area contributed by atoms with E-state index in [-0.39, 0.29) is 17.6 Å². The highest BCUT2D eigenvalue weighted by Crippen LogP contribution is 2.27. The van der Waals surface area contributed by atoms with Gasteiger partial charge >= 0.3 is 0 Å². The van der Waals surface area contributed by atoms with Crippen molar-refractivity contribution in [2.75, 3.05) is 19.6 Å². The van der Waals surface area contributed by atoms with Crippen molar-refractivity contribution in [1.82, 2.24) is 10.2 Å². The molecule has 7 heteroatoms. The third kappa shape index (κ3) is 4.84. The van der Waals surface area contributed by atoms with E-state index >= 15 is 0 Å². The Hall–Kier alpha value is -2.44. The van der Waals surface area contributed by atoms with Gasteiger partial charge in [0.1, 0.15) is 0 Å². The van der Waals surface area contributed by atoms with E-state index < -0.39 is 4.92 Å². The number of rotatable bonds is 8. The lowest BCUT2D eigenvalue weighted by molar-refractivity contribution is -0.385. The number of nitrogens with one attached hydrogen (secondary N) is 1. The fourth-order valence-corrected chi connectivity index (χ4v) is 3.46. The van der Waals surface area contributed by atoms with Crippen molar-refractivity contribution < 1.29 is 9.72 Å². The van der Waals surface area contributed by atoms with Gasteiger partial charge in [-0.25, -0.2) is 0 Å². The van der Waals surface area contributed by atoms with Crippen molar-refractivity contribution in [2.45, 2.75) is 26.8 Å². The number of hydrogen-bond donors (Lipinski definition) is 1. The van der Waals surface area contributed by atoms with Gasteiger partial charge in [0.15, 0.2) is 0 Å². The number of nitrogens with zero attached hydrogens (tertiary/aromatic N) is 2. The summed E-state index contributed by atoms with van der Waals surface area (Å²) in [4.78, 5) is 25.5. The Morgan fingerprint density at radius 1 is 1.19 bits per heavy atom. The van der Waals surface area contributed by atoms with Crippen molar-refractivity contribution in [3.05, 3.63) is 74.3 Å². The zero-order valence-electron chi connectivity index (χ0n) is 15.7. The van der Waals surface area contributed by atoms with Gasteiger partial charge in [0.2, 0.25) is 0 Å². The molecule has 6 nitrogen and oxygen atoms in total. The van der Waals surface area contributed by atoms with Gasteiger partial charge in [-0.05, 0) is 37.7 Å². The van der Waals surface area contributed by atoms with Crippen LogP contribution in [-0.4, -0.2) is 35.4 Å². The molecular formula is C20H24ClN3O3. The number of likely N-dealkylation sites (N-methyl/N-ethyl adjacent to an activating group) is 1. The number of nitro groups is 1. The van der Waals surface area contributed by atoms with Crippen LogP contribution < -0.4 is 5.32 Å². The lowest BCUT2D eigenvalue weighted by Crippen LogP contribution is -2.38. The van der Waals surface area contributed by atoms with Crippen LogP contribution in [0.1, 0.15) is 41.4 Å². The first-order valence-electron chi connectivity index (χ1n) is 8.91. The molecule has 0 aromatic heterocycles. The van der Waals surface area contributed by atoms with E-state index in [1.54, 1.807) is 13.0 Å². The molecule has 27 heavy (non-hydrogen) atoms. The fourth-order valence-electron chi connectivity index (χ4n) is 3.20. The van der Waals surface area contributed by atoms with Crippen LogP contribution in [0, 0.1) is 17.0 Å². The molecule has 0 bridgehead atoms. The minimum absolute atomic E-state index is 0.0611. The van der Waals surface area contributed by atoms with Crippen LogP contribution in [0.5, 0.6) is 0 Å². The lowest BCUT2D eigenvalue weighted by atomic mass is 10.0. The predicted octanol–water partition coefficient (Wildman–Crippen LogP) is 4.37. The van der Waals surface area contributed by atoms with Gasteiger partial charge in [0.25, 0.3) is 11.6 Å². The van der Waals surface area contributed by atoms with Gasteiger partial charge in [-0.2, -0.15) is 0 Å². The normalized spacial score (nSPS) is 12.0. The molecule has 1 N–H and O–H groups in total. The summed E-state index contributed by atoms with van der Waals surface area (Å²) >= 11 is 6.38. The second-order valence-electron chi connectivity index (χ2n) is 6.18. The molecule has 0 saturated heterocycles. The standard InChI is InChI=1S/C20H24ClN3O3/c1-4-23(5-2)19(16-9-6-7-11-17(16)21)13-22-20(25)15-10-8-12-18(14(15)3)24(26)27/h6-12,19H,4-5,13H2,1-3H3,(H,22,25). The molecule has 2 rings (SSSR count). The molecule has 144 valence electrons. The van der Waals surface area contributed by atoms with E-state index in [2.05, 4.69) is 24.1 Å². The molecule has 1 unspecified atom stereocenters.